The second kappa shape index (κ2) is 6.60. The van der Waals surface area contributed by atoms with Crippen LogP contribution in [-0.4, -0.2) is 27.2 Å². The van der Waals surface area contributed by atoms with Crippen LogP contribution in [0.15, 0.2) is 12.1 Å². The summed E-state index contributed by atoms with van der Waals surface area (Å²) in [6, 6.07) is 3.42. The van der Waals surface area contributed by atoms with Crippen molar-refractivity contribution in [3.63, 3.8) is 0 Å². The van der Waals surface area contributed by atoms with Crippen molar-refractivity contribution in [2.75, 3.05) is 23.3 Å². The summed E-state index contributed by atoms with van der Waals surface area (Å²) < 4.78 is 30.8. The van der Waals surface area contributed by atoms with Crippen LogP contribution in [0.3, 0.4) is 0 Å². The van der Waals surface area contributed by atoms with Crippen LogP contribution in [0.1, 0.15) is 24.0 Å². The van der Waals surface area contributed by atoms with E-state index in [1.165, 1.54) is 7.11 Å². The van der Waals surface area contributed by atoms with E-state index in [2.05, 4.69) is 9.46 Å². The summed E-state index contributed by atoms with van der Waals surface area (Å²) in [6.07, 6.45) is 0.298. The van der Waals surface area contributed by atoms with Gasteiger partial charge in [-0.15, -0.1) is 0 Å². The van der Waals surface area contributed by atoms with Crippen molar-refractivity contribution < 1.29 is 17.9 Å². The van der Waals surface area contributed by atoms with E-state index in [9.17, 15) is 13.2 Å². The molecule has 20 heavy (non-hydrogen) atoms. The first-order valence-corrected chi connectivity index (χ1v) is 7.84. The molecule has 1 aromatic rings. The standard InChI is InChI=1S/C13H20N2O4S/c1-9-8-12(10(2)7-11(9)14)15-20(17,18)6-4-5-13(16)19-3/h7-8,15H,4-6,14H2,1-3H3. The van der Waals surface area contributed by atoms with Gasteiger partial charge in [0.05, 0.1) is 18.6 Å². The van der Waals surface area contributed by atoms with Gasteiger partial charge in [0.25, 0.3) is 0 Å². The van der Waals surface area contributed by atoms with Crippen molar-refractivity contribution in [2.45, 2.75) is 26.7 Å². The van der Waals surface area contributed by atoms with E-state index in [4.69, 9.17) is 5.73 Å². The Kier molecular flexibility index (Phi) is 5.38. The molecule has 0 radical (unpaired) electrons. The number of nitrogens with one attached hydrogen (secondary N) is 1. The van der Waals surface area contributed by atoms with Crippen molar-refractivity contribution in [1.82, 2.24) is 0 Å². The lowest BCUT2D eigenvalue weighted by Gasteiger charge is -2.12. The summed E-state index contributed by atoms with van der Waals surface area (Å²) in [5.41, 5.74) is 8.45. The molecular formula is C13H20N2O4S. The molecule has 0 heterocycles. The average molecular weight is 300 g/mol. The summed E-state index contributed by atoms with van der Waals surface area (Å²) in [4.78, 5) is 10.9. The topological polar surface area (TPSA) is 98.5 Å². The Labute approximate surface area is 119 Å². The first-order chi connectivity index (χ1) is 9.25. The summed E-state index contributed by atoms with van der Waals surface area (Å²) in [6.45, 7) is 3.59. The largest absolute Gasteiger partial charge is 0.469 e. The van der Waals surface area contributed by atoms with Gasteiger partial charge in [-0.2, -0.15) is 0 Å². The monoisotopic (exact) mass is 300 g/mol. The van der Waals surface area contributed by atoms with Crippen LogP contribution >= 0.6 is 0 Å². The fourth-order valence-corrected chi connectivity index (χ4v) is 2.86. The van der Waals surface area contributed by atoms with Crippen molar-refractivity contribution in [1.29, 1.82) is 0 Å². The number of hydrogen-bond acceptors (Lipinski definition) is 5. The van der Waals surface area contributed by atoms with E-state index in [-0.39, 0.29) is 18.6 Å². The Morgan fingerprint density at radius 1 is 1.30 bits per heavy atom. The smallest absolute Gasteiger partial charge is 0.305 e. The zero-order valence-electron chi connectivity index (χ0n) is 11.9. The molecular weight excluding hydrogens is 280 g/mol. The number of methoxy groups -OCH3 is 1. The molecule has 0 unspecified atom stereocenters. The van der Waals surface area contributed by atoms with Gasteiger partial charge in [-0.3, -0.25) is 9.52 Å². The number of sulfonamides is 1. The minimum Gasteiger partial charge on any atom is -0.469 e. The maximum Gasteiger partial charge on any atom is 0.305 e. The minimum atomic E-state index is -3.49. The molecule has 0 spiro atoms. The predicted molar refractivity (Wildman–Crippen MR) is 79.0 cm³/mol. The number of ether oxygens (including phenoxy) is 1. The molecule has 0 aliphatic carbocycles. The van der Waals surface area contributed by atoms with Gasteiger partial charge >= 0.3 is 5.97 Å². The Hall–Kier alpha value is -1.76. The first-order valence-electron chi connectivity index (χ1n) is 6.19. The van der Waals surface area contributed by atoms with Crippen molar-refractivity contribution in [3.05, 3.63) is 23.3 Å². The second-order valence-corrected chi connectivity index (χ2v) is 6.47. The van der Waals surface area contributed by atoms with E-state index < -0.39 is 16.0 Å². The zero-order chi connectivity index (χ0) is 15.3. The highest BCUT2D eigenvalue weighted by molar-refractivity contribution is 7.92. The molecule has 6 nitrogen and oxygen atoms in total. The molecule has 0 aliphatic heterocycles. The molecule has 0 saturated heterocycles. The van der Waals surface area contributed by atoms with Crippen LogP contribution in [0.4, 0.5) is 11.4 Å². The van der Waals surface area contributed by atoms with Crippen LogP contribution in [0.5, 0.6) is 0 Å². The number of nitrogen functional groups attached to an aromatic ring is 1. The Bertz CT molecular complexity index is 597. The highest BCUT2D eigenvalue weighted by Gasteiger charge is 2.14. The fraction of sp³-hybridized carbons (Fsp3) is 0.462. The highest BCUT2D eigenvalue weighted by atomic mass is 32.2. The Morgan fingerprint density at radius 3 is 2.55 bits per heavy atom. The summed E-state index contributed by atoms with van der Waals surface area (Å²) in [5.74, 6) is -0.551. The van der Waals surface area contributed by atoms with E-state index >= 15 is 0 Å². The van der Waals surface area contributed by atoms with Gasteiger partial charge in [0.15, 0.2) is 0 Å². The van der Waals surface area contributed by atoms with Crippen LogP contribution < -0.4 is 10.5 Å². The normalized spacial score (nSPS) is 11.2. The van der Waals surface area contributed by atoms with Gasteiger partial charge in [-0.1, -0.05) is 0 Å². The molecule has 0 fully saturated rings. The number of esters is 1. The summed E-state index contributed by atoms with van der Waals surface area (Å²) in [7, 11) is -2.22. The molecule has 0 bridgehead atoms. The minimum absolute atomic E-state index is 0.0805. The maximum atomic E-state index is 11.9. The third kappa shape index (κ3) is 4.73. The molecule has 0 aliphatic rings. The van der Waals surface area contributed by atoms with Gasteiger partial charge in [0, 0.05) is 12.1 Å². The van der Waals surface area contributed by atoms with Crippen LogP contribution in [-0.2, 0) is 19.6 Å². The quantitative estimate of drug-likeness (QED) is 0.614. The molecule has 0 aromatic heterocycles. The van der Waals surface area contributed by atoms with E-state index in [0.717, 1.165) is 11.1 Å². The molecule has 112 valence electrons. The average Bonchev–Trinajstić information content (AvgIpc) is 2.35. The van der Waals surface area contributed by atoms with E-state index in [1.807, 2.05) is 6.92 Å². The summed E-state index contributed by atoms with van der Waals surface area (Å²) >= 11 is 0. The Morgan fingerprint density at radius 2 is 1.95 bits per heavy atom. The number of benzene rings is 1. The first kappa shape index (κ1) is 16.3. The van der Waals surface area contributed by atoms with E-state index in [1.54, 1.807) is 19.1 Å². The van der Waals surface area contributed by atoms with Crippen molar-refractivity contribution in [2.24, 2.45) is 0 Å². The number of hydrogen-bond donors (Lipinski definition) is 2. The molecule has 0 atom stereocenters. The molecule has 1 rings (SSSR count). The number of carbonyl (C=O) groups excluding carboxylic acids is 1. The van der Waals surface area contributed by atoms with Crippen molar-refractivity contribution >= 4 is 27.4 Å². The third-order valence-electron chi connectivity index (χ3n) is 2.90. The molecule has 1 aromatic carbocycles. The highest BCUT2D eigenvalue weighted by Crippen LogP contribution is 2.23. The Balaban J connectivity index is 2.71. The van der Waals surface area contributed by atoms with E-state index in [0.29, 0.717) is 11.4 Å². The lowest BCUT2D eigenvalue weighted by Crippen LogP contribution is -2.18. The lowest BCUT2D eigenvalue weighted by atomic mass is 10.1. The molecule has 0 saturated carbocycles. The van der Waals surface area contributed by atoms with Gasteiger partial charge in [0.1, 0.15) is 0 Å². The third-order valence-corrected chi connectivity index (χ3v) is 4.26. The second-order valence-electron chi connectivity index (χ2n) is 4.62. The van der Waals surface area contributed by atoms with Gasteiger partial charge in [0.2, 0.25) is 10.0 Å². The molecule has 7 heteroatoms. The molecule has 0 amide bonds. The predicted octanol–water partition coefficient (Wildman–Crippen LogP) is 1.58. The van der Waals surface area contributed by atoms with Crippen LogP contribution in [0.25, 0.3) is 0 Å². The number of nitrogens with two attached hydrogens (primary N) is 1. The van der Waals surface area contributed by atoms with Gasteiger partial charge in [-0.25, -0.2) is 8.42 Å². The number of rotatable bonds is 6. The fourth-order valence-electron chi connectivity index (χ4n) is 1.68. The van der Waals surface area contributed by atoms with Crippen LogP contribution in [0, 0.1) is 13.8 Å². The SMILES string of the molecule is COC(=O)CCCS(=O)(=O)Nc1cc(C)c(N)cc1C. The number of anilines is 2. The van der Waals surface area contributed by atoms with Crippen molar-refractivity contribution in [3.8, 4) is 0 Å². The summed E-state index contributed by atoms with van der Waals surface area (Å²) in [5, 5.41) is 0. The lowest BCUT2D eigenvalue weighted by molar-refractivity contribution is -0.140. The molecule has 3 N–H and O–H groups in total. The maximum absolute atomic E-state index is 11.9. The van der Waals surface area contributed by atoms with Gasteiger partial charge in [-0.05, 0) is 43.5 Å². The number of carbonyl (C=O) groups is 1. The van der Waals surface area contributed by atoms with Crippen LogP contribution in [0.2, 0.25) is 0 Å². The number of aryl methyl sites for hydroxylation is 2. The zero-order valence-corrected chi connectivity index (χ0v) is 12.7. The van der Waals surface area contributed by atoms with Gasteiger partial charge < -0.3 is 10.5 Å².